The van der Waals surface area contributed by atoms with E-state index < -0.39 is 0 Å². The van der Waals surface area contributed by atoms with Crippen LogP contribution in [0, 0.1) is 18.8 Å². The molecule has 0 radical (unpaired) electrons. The molecule has 1 aliphatic carbocycles. The number of rotatable bonds is 4. The highest BCUT2D eigenvalue weighted by Crippen LogP contribution is 2.29. The Morgan fingerprint density at radius 1 is 1.47 bits per heavy atom. The van der Waals surface area contributed by atoms with Crippen molar-refractivity contribution in [3.05, 3.63) is 5.82 Å². The number of hydrogen-bond donors (Lipinski definition) is 2. The Balaban J connectivity index is 1.77. The van der Waals surface area contributed by atoms with Crippen molar-refractivity contribution in [3.63, 3.8) is 0 Å². The van der Waals surface area contributed by atoms with Crippen LogP contribution in [0.2, 0.25) is 0 Å². The third-order valence-corrected chi connectivity index (χ3v) is 4.81. The lowest BCUT2D eigenvalue weighted by Gasteiger charge is -2.34. The number of nitrogens with one attached hydrogen (secondary N) is 2. The van der Waals surface area contributed by atoms with E-state index >= 15 is 0 Å². The minimum atomic E-state index is 0.0819. The highest BCUT2D eigenvalue weighted by atomic mass is 32.2. The summed E-state index contributed by atoms with van der Waals surface area (Å²) in [6.07, 6.45) is 3.59. The standard InChI is InChI=1S/C13H22N4OS/c1-8-5-4-6-11(9(8)2)15-12(18)7-19-13-14-10(3)16-17-13/h8-9,11H,4-7H2,1-3H3,(H,15,18)(H,14,16,17). The number of nitrogens with zero attached hydrogens (tertiary/aromatic N) is 2. The van der Waals surface area contributed by atoms with Crippen LogP contribution in [0.25, 0.3) is 0 Å². The molecule has 1 amide bonds. The van der Waals surface area contributed by atoms with Crippen LogP contribution in [0.5, 0.6) is 0 Å². The van der Waals surface area contributed by atoms with Crippen molar-refractivity contribution in [2.45, 2.75) is 51.2 Å². The van der Waals surface area contributed by atoms with E-state index in [9.17, 15) is 4.79 Å². The second kappa shape index (κ2) is 6.41. The van der Waals surface area contributed by atoms with Crippen molar-refractivity contribution in [2.24, 2.45) is 11.8 Å². The van der Waals surface area contributed by atoms with Crippen LogP contribution in [0.4, 0.5) is 0 Å². The molecule has 1 saturated carbocycles. The Morgan fingerprint density at radius 2 is 2.26 bits per heavy atom. The molecule has 2 N–H and O–H groups in total. The molecule has 0 bridgehead atoms. The average Bonchev–Trinajstić information content (AvgIpc) is 2.78. The fraction of sp³-hybridized carbons (Fsp3) is 0.769. The molecule has 2 rings (SSSR count). The predicted molar refractivity (Wildman–Crippen MR) is 76.0 cm³/mol. The molecule has 19 heavy (non-hydrogen) atoms. The van der Waals surface area contributed by atoms with Gasteiger partial charge in [-0.15, -0.1) is 5.10 Å². The van der Waals surface area contributed by atoms with Gasteiger partial charge in [-0.2, -0.15) is 0 Å². The van der Waals surface area contributed by atoms with Crippen molar-refractivity contribution < 1.29 is 4.79 Å². The van der Waals surface area contributed by atoms with Crippen LogP contribution >= 0.6 is 11.8 Å². The van der Waals surface area contributed by atoms with Crippen LogP contribution in [-0.2, 0) is 4.79 Å². The summed E-state index contributed by atoms with van der Waals surface area (Å²) in [6.45, 7) is 6.36. The molecule has 1 aromatic rings. The minimum absolute atomic E-state index is 0.0819. The largest absolute Gasteiger partial charge is 0.352 e. The normalized spacial score (nSPS) is 27.2. The summed E-state index contributed by atoms with van der Waals surface area (Å²) in [5, 5.41) is 10.6. The molecule has 0 saturated heterocycles. The predicted octanol–water partition coefficient (Wildman–Crippen LogP) is 2.15. The van der Waals surface area contributed by atoms with Crippen molar-refractivity contribution >= 4 is 17.7 Å². The lowest BCUT2D eigenvalue weighted by Crippen LogP contribution is -2.44. The van der Waals surface area contributed by atoms with E-state index in [1.165, 1.54) is 24.6 Å². The quantitative estimate of drug-likeness (QED) is 0.830. The van der Waals surface area contributed by atoms with Crippen molar-refractivity contribution in [1.82, 2.24) is 20.5 Å². The first-order valence-electron chi connectivity index (χ1n) is 6.87. The van der Waals surface area contributed by atoms with Gasteiger partial charge < -0.3 is 5.32 Å². The Bertz CT molecular complexity index is 434. The molecule has 0 spiro atoms. The van der Waals surface area contributed by atoms with Gasteiger partial charge in [0, 0.05) is 6.04 Å². The number of aromatic nitrogens is 3. The maximum Gasteiger partial charge on any atom is 0.230 e. The molecule has 1 fully saturated rings. The lowest BCUT2D eigenvalue weighted by molar-refractivity contribution is -0.120. The summed E-state index contributed by atoms with van der Waals surface area (Å²) in [5.41, 5.74) is 0. The first-order valence-corrected chi connectivity index (χ1v) is 7.86. The van der Waals surface area contributed by atoms with Gasteiger partial charge in [0.25, 0.3) is 0 Å². The van der Waals surface area contributed by atoms with Gasteiger partial charge in [0.05, 0.1) is 5.75 Å². The molecule has 1 aromatic heterocycles. The monoisotopic (exact) mass is 282 g/mol. The fourth-order valence-electron chi connectivity index (χ4n) is 2.55. The Morgan fingerprint density at radius 3 is 2.95 bits per heavy atom. The summed E-state index contributed by atoms with van der Waals surface area (Å²) in [4.78, 5) is 16.1. The maximum atomic E-state index is 11.9. The van der Waals surface area contributed by atoms with E-state index in [1.807, 2.05) is 6.92 Å². The highest BCUT2D eigenvalue weighted by molar-refractivity contribution is 7.99. The molecule has 6 heteroatoms. The van der Waals surface area contributed by atoms with Gasteiger partial charge in [0.15, 0.2) is 0 Å². The molecule has 0 aromatic carbocycles. The number of carbonyl (C=O) groups is 1. The molecule has 3 atom stereocenters. The van der Waals surface area contributed by atoms with Crippen molar-refractivity contribution in [2.75, 3.05) is 5.75 Å². The molecule has 0 aliphatic heterocycles. The number of aromatic amines is 1. The maximum absolute atomic E-state index is 11.9. The van der Waals surface area contributed by atoms with Gasteiger partial charge in [-0.3, -0.25) is 9.89 Å². The van der Waals surface area contributed by atoms with Gasteiger partial charge in [0.2, 0.25) is 11.1 Å². The molecule has 1 aliphatic rings. The summed E-state index contributed by atoms with van der Waals surface area (Å²) < 4.78 is 0. The Labute approximate surface area is 118 Å². The zero-order chi connectivity index (χ0) is 13.8. The number of amides is 1. The van der Waals surface area contributed by atoms with Crippen LogP contribution in [0.3, 0.4) is 0 Å². The van der Waals surface area contributed by atoms with E-state index in [1.54, 1.807) is 0 Å². The van der Waals surface area contributed by atoms with E-state index in [0.29, 0.717) is 28.8 Å². The highest BCUT2D eigenvalue weighted by Gasteiger charge is 2.28. The van der Waals surface area contributed by atoms with Gasteiger partial charge in [-0.1, -0.05) is 38.5 Å². The number of carbonyl (C=O) groups excluding carboxylic acids is 1. The van der Waals surface area contributed by atoms with Gasteiger partial charge in [0.1, 0.15) is 5.82 Å². The van der Waals surface area contributed by atoms with Crippen LogP contribution < -0.4 is 5.32 Å². The minimum Gasteiger partial charge on any atom is -0.352 e. The van der Waals surface area contributed by atoms with Gasteiger partial charge in [-0.05, 0) is 25.2 Å². The number of hydrogen-bond acceptors (Lipinski definition) is 4. The third-order valence-electron chi connectivity index (χ3n) is 3.96. The zero-order valence-corrected chi connectivity index (χ0v) is 12.6. The zero-order valence-electron chi connectivity index (χ0n) is 11.8. The summed E-state index contributed by atoms with van der Waals surface area (Å²) in [5.74, 6) is 2.50. The third kappa shape index (κ3) is 3.96. The Kier molecular flexibility index (Phi) is 4.85. The van der Waals surface area contributed by atoms with E-state index in [-0.39, 0.29) is 5.91 Å². The van der Waals surface area contributed by atoms with Gasteiger partial charge in [-0.25, -0.2) is 4.98 Å². The lowest BCUT2D eigenvalue weighted by atomic mass is 9.78. The molecule has 1 heterocycles. The second-order valence-corrected chi connectivity index (χ2v) is 6.38. The van der Waals surface area contributed by atoms with Crippen LogP contribution in [-0.4, -0.2) is 32.9 Å². The Hall–Kier alpha value is -1.04. The molecule has 106 valence electrons. The van der Waals surface area contributed by atoms with E-state index in [4.69, 9.17) is 0 Å². The second-order valence-electron chi connectivity index (χ2n) is 5.43. The molecular formula is C13H22N4OS. The number of aryl methyl sites for hydroxylation is 1. The number of thioether (sulfide) groups is 1. The molecule has 3 unspecified atom stereocenters. The summed E-state index contributed by atoms with van der Waals surface area (Å²) in [6, 6.07) is 0.325. The smallest absolute Gasteiger partial charge is 0.230 e. The van der Waals surface area contributed by atoms with E-state index in [0.717, 1.165) is 12.2 Å². The average molecular weight is 282 g/mol. The van der Waals surface area contributed by atoms with Crippen molar-refractivity contribution in [3.8, 4) is 0 Å². The SMILES string of the molecule is Cc1nc(SCC(=O)NC2CCCC(C)C2C)n[nH]1. The van der Waals surface area contributed by atoms with Crippen LogP contribution in [0.1, 0.15) is 38.9 Å². The summed E-state index contributed by atoms with van der Waals surface area (Å²) in [7, 11) is 0. The van der Waals surface area contributed by atoms with Crippen LogP contribution in [0.15, 0.2) is 5.16 Å². The summed E-state index contributed by atoms with van der Waals surface area (Å²) >= 11 is 1.37. The fourth-order valence-corrected chi connectivity index (χ4v) is 3.21. The molecular weight excluding hydrogens is 260 g/mol. The topological polar surface area (TPSA) is 70.7 Å². The number of H-pyrrole nitrogens is 1. The van der Waals surface area contributed by atoms with Gasteiger partial charge >= 0.3 is 0 Å². The first kappa shape index (κ1) is 14.4. The van der Waals surface area contributed by atoms with Crippen molar-refractivity contribution in [1.29, 1.82) is 0 Å². The first-order chi connectivity index (χ1) is 9.06. The van der Waals surface area contributed by atoms with E-state index in [2.05, 4.69) is 34.3 Å². The molecule has 5 nitrogen and oxygen atoms in total.